The Morgan fingerprint density at radius 2 is 1.64 bits per heavy atom. The Labute approximate surface area is 168 Å². The Bertz CT molecular complexity index is 1010. The Morgan fingerprint density at radius 1 is 0.964 bits per heavy atom. The molecule has 1 aliphatic rings. The summed E-state index contributed by atoms with van der Waals surface area (Å²) in [4.78, 5) is 11.3. The number of fused-ring (bicyclic) bond motifs is 1. The summed E-state index contributed by atoms with van der Waals surface area (Å²) in [6.45, 7) is 1.48. The Kier molecular flexibility index (Phi) is 4.96. The van der Waals surface area contributed by atoms with Gasteiger partial charge in [-0.2, -0.15) is 4.98 Å². The quantitative estimate of drug-likeness (QED) is 0.719. The number of nitrogens with zero attached hydrogens (tertiary/aromatic N) is 3. The zero-order chi connectivity index (χ0) is 19.7. The number of benzene rings is 2. The maximum absolute atomic E-state index is 6.07. The predicted molar refractivity (Wildman–Crippen MR) is 111 cm³/mol. The number of rotatable bonds is 4. The minimum absolute atomic E-state index is 0.438. The van der Waals surface area contributed by atoms with Crippen LogP contribution in [0.2, 0.25) is 5.02 Å². The lowest BCUT2D eigenvalue weighted by Crippen LogP contribution is -2.32. The van der Waals surface area contributed by atoms with Crippen molar-refractivity contribution in [1.29, 1.82) is 0 Å². The fourth-order valence-corrected chi connectivity index (χ4v) is 3.54. The van der Waals surface area contributed by atoms with Crippen molar-refractivity contribution in [3.63, 3.8) is 0 Å². The van der Waals surface area contributed by atoms with Gasteiger partial charge < -0.3 is 20.1 Å². The standard InChI is InChI=1S/C21H21ClN4O2/c1-27-18-9-14-7-8-26(12-15(14)10-19(18)28-2)21-24-17(11-20(23)25-21)13-3-5-16(22)6-4-13/h3-6,9-11H,7-8,12H2,1-2H3,(H2,23,24,25). The number of halogens is 1. The molecule has 0 radical (unpaired) electrons. The van der Waals surface area contributed by atoms with E-state index in [0.717, 1.165) is 35.7 Å². The molecule has 0 amide bonds. The summed E-state index contributed by atoms with van der Waals surface area (Å²) in [6, 6.07) is 13.4. The van der Waals surface area contributed by atoms with E-state index in [2.05, 4.69) is 9.88 Å². The zero-order valence-corrected chi connectivity index (χ0v) is 16.5. The van der Waals surface area contributed by atoms with E-state index < -0.39 is 0 Å². The summed E-state index contributed by atoms with van der Waals surface area (Å²) in [5.74, 6) is 2.52. The van der Waals surface area contributed by atoms with Gasteiger partial charge in [0, 0.05) is 29.7 Å². The fourth-order valence-electron chi connectivity index (χ4n) is 3.42. The second-order valence-corrected chi connectivity index (χ2v) is 7.07. The van der Waals surface area contributed by atoms with Crippen LogP contribution >= 0.6 is 11.6 Å². The maximum Gasteiger partial charge on any atom is 0.228 e. The van der Waals surface area contributed by atoms with E-state index in [1.807, 2.05) is 36.4 Å². The van der Waals surface area contributed by atoms with Crippen LogP contribution in [0.5, 0.6) is 11.5 Å². The molecule has 28 heavy (non-hydrogen) atoms. The molecule has 0 spiro atoms. The highest BCUT2D eigenvalue weighted by molar-refractivity contribution is 6.30. The van der Waals surface area contributed by atoms with Crippen molar-refractivity contribution in [1.82, 2.24) is 9.97 Å². The van der Waals surface area contributed by atoms with Gasteiger partial charge in [0.05, 0.1) is 19.9 Å². The van der Waals surface area contributed by atoms with E-state index in [0.29, 0.717) is 23.3 Å². The monoisotopic (exact) mass is 396 g/mol. The van der Waals surface area contributed by atoms with Crippen LogP contribution in [-0.2, 0) is 13.0 Å². The van der Waals surface area contributed by atoms with Crippen LogP contribution < -0.4 is 20.1 Å². The number of anilines is 2. The molecule has 7 heteroatoms. The molecule has 6 nitrogen and oxygen atoms in total. The summed E-state index contributed by atoms with van der Waals surface area (Å²) < 4.78 is 10.9. The molecule has 0 unspecified atom stereocenters. The van der Waals surface area contributed by atoms with Crippen LogP contribution in [-0.4, -0.2) is 30.7 Å². The lowest BCUT2D eigenvalue weighted by atomic mass is 9.99. The third kappa shape index (κ3) is 3.55. The molecule has 2 N–H and O–H groups in total. The number of ether oxygens (including phenoxy) is 2. The highest BCUT2D eigenvalue weighted by atomic mass is 35.5. The molecule has 144 valence electrons. The van der Waals surface area contributed by atoms with Crippen molar-refractivity contribution in [2.24, 2.45) is 0 Å². The van der Waals surface area contributed by atoms with Gasteiger partial charge in [-0.25, -0.2) is 4.98 Å². The van der Waals surface area contributed by atoms with Gasteiger partial charge in [0.15, 0.2) is 11.5 Å². The van der Waals surface area contributed by atoms with E-state index in [9.17, 15) is 0 Å². The van der Waals surface area contributed by atoms with Gasteiger partial charge in [0.25, 0.3) is 0 Å². The maximum atomic E-state index is 6.07. The zero-order valence-electron chi connectivity index (χ0n) is 15.8. The largest absolute Gasteiger partial charge is 0.493 e. The first-order valence-electron chi connectivity index (χ1n) is 8.96. The van der Waals surface area contributed by atoms with E-state index >= 15 is 0 Å². The molecule has 2 aromatic carbocycles. The second-order valence-electron chi connectivity index (χ2n) is 6.63. The van der Waals surface area contributed by atoms with Gasteiger partial charge in [-0.05, 0) is 41.8 Å². The van der Waals surface area contributed by atoms with Crippen molar-refractivity contribution < 1.29 is 9.47 Å². The Morgan fingerprint density at radius 3 is 2.32 bits per heavy atom. The van der Waals surface area contributed by atoms with Crippen LogP contribution in [0.4, 0.5) is 11.8 Å². The molecule has 0 bridgehead atoms. The van der Waals surface area contributed by atoms with E-state index in [-0.39, 0.29) is 0 Å². The van der Waals surface area contributed by atoms with Crippen LogP contribution in [0.3, 0.4) is 0 Å². The topological polar surface area (TPSA) is 73.5 Å². The van der Waals surface area contributed by atoms with Gasteiger partial charge in [-0.15, -0.1) is 0 Å². The average molecular weight is 397 g/mol. The first kappa shape index (κ1) is 18.4. The average Bonchev–Trinajstić information content (AvgIpc) is 2.72. The van der Waals surface area contributed by atoms with Gasteiger partial charge in [0.2, 0.25) is 5.95 Å². The number of hydrogen-bond acceptors (Lipinski definition) is 6. The molecule has 1 aliphatic heterocycles. The molecule has 0 saturated carbocycles. The molecular formula is C21H21ClN4O2. The highest BCUT2D eigenvalue weighted by Crippen LogP contribution is 2.34. The van der Waals surface area contributed by atoms with Crippen LogP contribution in [0.1, 0.15) is 11.1 Å². The lowest BCUT2D eigenvalue weighted by Gasteiger charge is -2.30. The minimum atomic E-state index is 0.438. The SMILES string of the molecule is COc1cc2c(cc1OC)CN(c1nc(N)cc(-c3ccc(Cl)cc3)n1)CC2. The van der Waals surface area contributed by atoms with Crippen molar-refractivity contribution in [3.8, 4) is 22.8 Å². The summed E-state index contributed by atoms with van der Waals surface area (Å²) in [5.41, 5.74) is 10.2. The van der Waals surface area contributed by atoms with Gasteiger partial charge in [0.1, 0.15) is 5.82 Å². The van der Waals surface area contributed by atoms with Gasteiger partial charge in [-0.3, -0.25) is 0 Å². The number of aromatic nitrogens is 2. The minimum Gasteiger partial charge on any atom is -0.493 e. The Hall–Kier alpha value is -2.99. The smallest absolute Gasteiger partial charge is 0.228 e. The molecule has 0 atom stereocenters. The molecular weight excluding hydrogens is 376 g/mol. The third-order valence-electron chi connectivity index (χ3n) is 4.88. The van der Waals surface area contributed by atoms with E-state index in [4.69, 9.17) is 31.8 Å². The summed E-state index contributed by atoms with van der Waals surface area (Å²) in [6.07, 6.45) is 0.865. The van der Waals surface area contributed by atoms with Crippen molar-refractivity contribution in [2.45, 2.75) is 13.0 Å². The fraction of sp³-hybridized carbons (Fsp3) is 0.238. The second kappa shape index (κ2) is 7.56. The van der Waals surface area contributed by atoms with Crippen LogP contribution in [0, 0.1) is 0 Å². The first-order chi connectivity index (χ1) is 13.6. The summed E-state index contributed by atoms with van der Waals surface area (Å²) >= 11 is 5.99. The van der Waals surface area contributed by atoms with Crippen molar-refractivity contribution >= 4 is 23.4 Å². The number of hydrogen-bond donors (Lipinski definition) is 1. The molecule has 3 aromatic rings. The van der Waals surface area contributed by atoms with Gasteiger partial charge in [-0.1, -0.05) is 23.7 Å². The summed E-state index contributed by atoms with van der Waals surface area (Å²) in [7, 11) is 3.29. The lowest BCUT2D eigenvalue weighted by molar-refractivity contribution is 0.353. The molecule has 1 aromatic heterocycles. The van der Waals surface area contributed by atoms with Gasteiger partial charge >= 0.3 is 0 Å². The predicted octanol–water partition coefficient (Wildman–Crippen LogP) is 3.96. The first-order valence-corrected chi connectivity index (χ1v) is 9.34. The summed E-state index contributed by atoms with van der Waals surface area (Å²) in [5, 5.41) is 0.683. The van der Waals surface area contributed by atoms with E-state index in [1.165, 1.54) is 11.1 Å². The molecule has 0 saturated heterocycles. The molecule has 4 rings (SSSR count). The number of methoxy groups -OCH3 is 2. The molecule has 0 aliphatic carbocycles. The molecule has 2 heterocycles. The third-order valence-corrected chi connectivity index (χ3v) is 5.13. The number of nitrogen functional groups attached to an aromatic ring is 1. The van der Waals surface area contributed by atoms with Crippen molar-refractivity contribution in [3.05, 3.63) is 58.6 Å². The van der Waals surface area contributed by atoms with Crippen LogP contribution in [0.25, 0.3) is 11.3 Å². The van der Waals surface area contributed by atoms with E-state index in [1.54, 1.807) is 20.3 Å². The Balaban J connectivity index is 1.66. The van der Waals surface area contributed by atoms with Crippen molar-refractivity contribution in [2.75, 3.05) is 31.4 Å². The molecule has 0 fully saturated rings. The van der Waals surface area contributed by atoms with Crippen LogP contribution in [0.15, 0.2) is 42.5 Å². The normalized spacial score (nSPS) is 13.2. The number of nitrogens with two attached hydrogens (primary N) is 1. The highest BCUT2D eigenvalue weighted by Gasteiger charge is 2.22.